The lowest BCUT2D eigenvalue weighted by atomic mass is 10.1. The maximum Gasteiger partial charge on any atom is 0.265 e. The second-order valence-corrected chi connectivity index (χ2v) is 6.89. The topological polar surface area (TPSA) is 52.5 Å². The summed E-state index contributed by atoms with van der Waals surface area (Å²) in [4.78, 5) is 12.7. The van der Waals surface area contributed by atoms with Crippen LogP contribution in [0.3, 0.4) is 0 Å². The van der Waals surface area contributed by atoms with Crippen LogP contribution < -0.4 is 14.8 Å². The predicted molar refractivity (Wildman–Crippen MR) is 117 cm³/mol. The summed E-state index contributed by atoms with van der Waals surface area (Å²) < 4.78 is 13.4. The summed E-state index contributed by atoms with van der Waals surface area (Å²) in [7, 11) is 1.58. The van der Waals surface area contributed by atoms with E-state index in [0.717, 1.165) is 23.1 Å². The number of nitrogens with one attached hydrogen (secondary N) is 1. The molecule has 0 saturated heterocycles. The van der Waals surface area contributed by atoms with Crippen LogP contribution in [0.15, 0.2) is 66.7 Å². The van der Waals surface area contributed by atoms with Gasteiger partial charge in [-0.1, -0.05) is 30.3 Å². The van der Waals surface area contributed by atoms with Gasteiger partial charge < -0.3 is 19.4 Å². The second kappa shape index (κ2) is 7.87. The monoisotopic (exact) mass is 388 g/mol. The number of carbonyl (C=O) groups excluding carboxylic acids is 1. The molecule has 0 spiro atoms. The van der Waals surface area contributed by atoms with E-state index in [-0.39, 0.29) is 5.91 Å². The predicted octanol–water partition coefficient (Wildman–Crippen LogP) is 5.23. The first kappa shape index (κ1) is 18.9. The SMILES string of the molecule is CCn1c2ccccc2c2cc(NC(=O)C(C)Oc3ccccc3OC)ccc21. The van der Waals surface area contributed by atoms with Crippen molar-refractivity contribution in [2.45, 2.75) is 26.5 Å². The molecule has 4 aromatic rings. The van der Waals surface area contributed by atoms with Gasteiger partial charge in [0.1, 0.15) is 0 Å². The Hall–Kier alpha value is -3.47. The van der Waals surface area contributed by atoms with Crippen molar-refractivity contribution in [2.24, 2.45) is 0 Å². The number of hydrogen-bond acceptors (Lipinski definition) is 3. The highest BCUT2D eigenvalue weighted by Gasteiger charge is 2.18. The molecular weight excluding hydrogens is 364 g/mol. The minimum absolute atomic E-state index is 0.213. The molecule has 1 unspecified atom stereocenters. The molecule has 0 radical (unpaired) electrons. The van der Waals surface area contributed by atoms with Crippen LogP contribution in [-0.2, 0) is 11.3 Å². The molecule has 5 nitrogen and oxygen atoms in total. The van der Waals surface area contributed by atoms with Gasteiger partial charge in [-0.3, -0.25) is 4.79 Å². The van der Waals surface area contributed by atoms with Crippen LogP contribution in [0.25, 0.3) is 21.8 Å². The van der Waals surface area contributed by atoms with Crippen molar-refractivity contribution in [1.29, 1.82) is 0 Å². The van der Waals surface area contributed by atoms with Crippen molar-refractivity contribution in [3.8, 4) is 11.5 Å². The molecule has 1 N–H and O–H groups in total. The van der Waals surface area contributed by atoms with Crippen molar-refractivity contribution < 1.29 is 14.3 Å². The Morgan fingerprint density at radius 2 is 1.66 bits per heavy atom. The fourth-order valence-electron chi connectivity index (χ4n) is 3.68. The van der Waals surface area contributed by atoms with E-state index in [9.17, 15) is 4.79 Å². The molecule has 0 aliphatic heterocycles. The highest BCUT2D eigenvalue weighted by Crippen LogP contribution is 2.31. The summed E-state index contributed by atoms with van der Waals surface area (Å²) in [5.41, 5.74) is 3.10. The zero-order valence-electron chi connectivity index (χ0n) is 16.8. The molecule has 0 fully saturated rings. The van der Waals surface area contributed by atoms with Crippen LogP contribution in [0.2, 0.25) is 0 Å². The molecule has 0 bridgehead atoms. The standard InChI is InChI=1S/C24H24N2O3/c1-4-26-20-10-6-5-9-18(20)19-15-17(13-14-21(19)26)25-24(27)16(2)29-23-12-8-7-11-22(23)28-3/h5-16H,4H2,1-3H3,(H,25,27). The third-order valence-corrected chi connectivity index (χ3v) is 5.10. The zero-order valence-corrected chi connectivity index (χ0v) is 16.8. The lowest BCUT2D eigenvalue weighted by Gasteiger charge is -2.16. The van der Waals surface area contributed by atoms with Crippen molar-refractivity contribution in [1.82, 2.24) is 4.57 Å². The van der Waals surface area contributed by atoms with Gasteiger partial charge in [0.2, 0.25) is 0 Å². The van der Waals surface area contributed by atoms with Gasteiger partial charge in [0.15, 0.2) is 17.6 Å². The molecule has 1 atom stereocenters. The Labute approximate surface area is 169 Å². The average Bonchev–Trinajstić information content (AvgIpc) is 3.07. The van der Waals surface area contributed by atoms with E-state index in [1.165, 1.54) is 10.9 Å². The summed E-state index contributed by atoms with van der Waals surface area (Å²) >= 11 is 0. The second-order valence-electron chi connectivity index (χ2n) is 6.89. The van der Waals surface area contributed by atoms with E-state index in [4.69, 9.17) is 9.47 Å². The van der Waals surface area contributed by atoms with E-state index in [1.54, 1.807) is 26.2 Å². The number of amides is 1. The molecule has 1 heterocycles. The number of fused-ring (bicyclic) bond motifs is 3. The van der Waals surface area contributed by atoms with Crippen LogP contribution in [0.1, 0.15) is 13.8 Å². The van der Waals surface area contributed by atoms with Gasteiger partial charge in [-0.2, -0.15) is 0 Å². The van der Waals surface area contributed by atoms with Crippen molar-refractivity contribution >= 4 is 33.4 Å². The fraction of sp³-hybridized carbons (Fsp3) is 0.208. The number of carbonyl (C=O) groups is 1. The third kappa shape index (κ3) is 3.51. The summed E-state index contributed by atoms with van der Waals surface area (Å²) in [6.07, 6.45) is -0.668. The maximum absolute atomic E-state index is 12.7. The van der Waals surface area contributed by atoms with Gasteiger partial charge >= 0.3 is 0 Å². The number of benzene rings is 3. The number of aromatic nitrogens is 1. The summed E-state index contributed by atoms with van der Waals surface area (Å²) in [5, 5.41) is 5.27. The number of methoxy groups -OCH3 is 1. The highest BCUT2D eigenvalue weighted by molar-refractivity contribution is 6.10. The molecule has 0 saturated carbocycles. The number of anilines is 1. The molecule has 3 aromatic carbocycles. The van der Waals surface area contributed by atoms with Crippen molar-refractivity contribution in [2.75, 3.05) is 12.4 Å². The van der Waals surface area contributed by atoms with E-state index >= 15 is 0 Å². The molecule has 4 rings (SSSR count). The number of para-hydroxylation sites is 3. The van der Waals surface area contributed by atoms with E-state index in [0.29, 0.717) is 11.5 Å². The van der Waals surface area contributed by atoms with E-state index in [2.05, 4.69) is 35.0 Å². The van der Waals surface area contributed by atoms with Gasteiger partial charge in [0, 0.05) is 34.0 Å². The summed E-state index contributed by atoms with van der Waals surface area (Å²) in [6, 6.07) is 21.6. The Morgan fingerprint density at radius 3 is 2.41 bits per heavy atom. The van der Waals surface area contributed by atoms with Gasteiger partial charge in [-0.15, -0.1) is 0 Å². The first-order valence-corrected chi connectivity index (χ1v) is 9.74. The third-order valence-electron chi connectivity index (χ3n) is 5.10. The molecule has 1 aromatic heterocycles. The first-order valence-electron chi connectivity index (χ1n) is 9.74. The minimum Gasteiger partial charge on any atom is -0.493 e. The Kier molecular flexibility index (Phi) is 5.12. The molecule has 148 valence electrons. The lowest BCUT2D eigenvalue weighted by Crippen LogP contribution is -2.30. The molecule has 29 heavy (non-hydrogen) atoms. The van der Waals surface area contributed by atoms with Gasteiger partial charge in [0.25, 0.3) is 5.91 Å². The highest BCUT2D eigenvalue weighted by atomic mass is 16.5. The Bertz CT molecular complexity index is 1180. The fourth-order valence-corrected chi connectivity index (χ4v) is 3.68. The summed E-state index contributed by atoms with van der Waals surface area (Å²) in [6.45, 7) is 4.75. The largest absolute Gasteiger partial charge is 0.493 e. The Morgan fingerprint density at radius 1 is 0.966 bits per heavy atom. The van der Waals surface area contributed by atoms with E-state index < -0.39 is 6.10 Å². The molecule has 0 aliphatic carbocycles. The number of aryl methyl sites for hydroxylation is 1. The number of hydrogen-bond donors (Lipinski definition) is 1. The van der Waals surface area contributed by atoms with Gasteiger partial charge in [-0.05, 0) is 50.2 Å². The minimum atomic E-state index is -0.668. The quantitative estimate of drug-likeness (QED) is 0.492. The molecule has 0 aliphatic rings. The van der Waals surface area contributed by atoms with Gasteiger partial charge in [-0.25, -0.2) is 0 Å². The van der Waals surface area contributed by atoms with Crippen LogP contribution in [-0.4, -0.2) is 23.7 Å². The Balaban J connectivity index is 1.59. The van der Waals surface area contributed by atoms with Crippen LogP contribution in [0.4, 0.5) is 5.69 Å². The van der Waals surface area contributed by atoms with Crippen molar-refractivity contribution in [3.05, 3.63) is 66.7 Å². The first-order chi connectivity index (χ1) is 14.1. The molecular formula is C24H24N2O3. The number of ether oxygens (including phenoxy) is 2. The number of nitrogens with zero attached hydrogens (tertiary/aromatic N) is 1. The van der Waals surface area contributed by atoms with Gasteiger partial charge in [0.05, 0.1) is 7.11 Å². The average molecular weight is 388 g/mol. The molecule has 1 amide bonds. The molecule has 5 heteroatoms. The van der Waals surface area contributed by atoms with Crippen LogP contribution in [0, 0.1) is 0 Å². The lowest BCUT2D eigenvalue weighted by molar-refractivity contribution is -0.122. The zero-order chi connectivity index (χ0) is 20.4. The number of rotatable bonds is 6. The smallest absolute Gasteiger partial charge is 0.265 e. The van der Waals surface area contributed by atoms with Crippen LogP contribution >= 0.6 is 0 Å². The van der Waals surface area contributed by atoms with Crippen molar-refractivity contribution in [3.63, 3.8) is 0 Å². The van der Waals surface area contributed by atoms with E-state index in [1.807, 2.05) is 36.4 Å². The summed E-state index contributed by atoms with van der Waals surface area (Å²) in [5.74, 6) is 0.926. The van der Waals surface area contributed by atoms with Crippen LogP contribution in [0.5, 0.6) is 11.5 Å². The maximum atomic E-state index is 12.7. The normalized spacial score (nSPS) is 12.1.